The van der Waals surface area contributed by atoms with Gasteiger partial charge in [0.25, 0.3) is 0 Å². The predicted molar refractivity (Wildman–Crippen MR) is 81.1 cm³/mol. The maximum Gasteiger partial charge on any atom is 0.232 e. The average molecular weight is 328 g/mol. The predicted octanol–water partition coefficient (Wildman–Crippen LogP) is 2.96. The lowest BCUT2D eigenvalue weighted by Gasteiger charge is -2.33. The number of hydrogen-bond acceptors (Lipinski definition) is 2. The normalized spacial score (nSPS) is 12.4. The van der Waals surface area contributed by atoms with Gasteiger partial charge >= 0.3 is 0 Å². The first-order valence-corrected chi connectivity index (χ1v) is 7.07. The summed E-state index contributed by atoms with van der Waals surface area (Å²) in [7, 11) is 1.72. The smallest absolute Gasteiger partial charge is 0.232 e. The number of halogens is 1. The fourth-order valence-corrected chi connectivity index (χ4v) is 2.53. The standard InChI is InChI=1S/C15H22BrNO2/c1-14(2,19)10-17(5)13(18)15(3,4)11-7-6-8-12(16)9-11/h6-9,19H,10H2,1-5H3. The third-order valence-corrected chi connectivity index (χ3v) is 3.55. The zero-order chi connectivity index (χ0) is 14.8. The molecule has 0 spiro atoms. The molecule has 1 aromatic rings. The van der Waals surface area contributed by atoms with E-state index in [-0.39, 0.29) is 5.91 Å². The minimum absolute atomic E-state index is 0.00674. The van der Waals surface area contributed by atoms with Crippen molar-refractivity contribution in [2.45, 2.75) is 38.7 Å². The average Bonchev–Trinajstić information content (AvgIpc) is 2.25. The number of likely N-dealkylation sites (N-methyl/N-ethyl adjacent to an activating group) is 1. The second-order valence-corrected chi connectivity index (χ2v) is 7.02. The fourth-order valence-electron chi connectivity index (χ4n) is 2.13. The number of carbonyl (C=O) groups excluding carboxylic acids is 1. The Kier molecular flexibility index (Phi) is 4.80. The van der Waals surface area contributed by atoms with Crippen LogP contribution in [0.2, 0.25) is 0 Å². The Labute approximate surface area is 123 Å². The Bertz CT molecular complexity index is 463. The van der Waals surface area contributed by atoms with E-state index in [2.05, 4.69) is 15.9 Å². The summed E-state index contributed by atoms with van der Waals surface area (Å²) >= 11 is 3.42. The summed E-state index contributed by atoms with van der Waals surface area (Å²) in [5.74, 6) is -0.00674. The quantitative estimate of drug-likeness (QED) is 0.923. The molecule has 0 atom stereocenters. The van der Waals surface area contributed by atoms with Crippen molar-refractivity contribution in [2.75, 3.05) is 13.6 Å². The summed E-state index contributed by atoms with van der Waals surface area (Å²) in [5, 5.41) is 9.82. The monoisotopic (exact) mass is 327 g/mol. The number of carbonyl (C=O) groups is 1. The molecule has 0 bridgehead atoms. The first kappa shape index (κ1) is 16.2. The van der Waals surface area contributed by atoms with Crippen molar-refractivity contribution < 1.29 is 9.90 Å². The number of amides is 1. The number of nitrogens with zero attached hydrogens (tertiary/aromatic N) is 1. The molecule has 1 aromatic carbocycles. The zero-order valence-corrected chi connectivity index (χ0v) is 13.8. The molecule has 0 fully saturated rings. The Morgan fingerprint density at radius 2 is 1.89 bits per heavy atom. The molecule has 4 heteroatoms. The molecule has 0 aliphatic heterocycles. The first-order valence-electron chi connectivity index (χ1n) is 6.28. The van der Waals surface area contributed by atoms with Crippen LogP contribution < -0.4 is 0 Å². The van der Waals surface area contributed by atoms with Gasteiger partial charge in [-0.3, -0.25) is 4.79 Å². The highest BCUT2D eigenvalue weighted by Gasteiger charge is 2.34. The van der Waals surface area contributed by atoms with Crippen molar-refractivity contribution in [1.82, 2.24) is 4.90 Å². The van der Waals surface area contributed by atoms with E-state index in [1.54, 1.807) is 25.8 Å². The topological polar surface area (TPSA) is 40.5 Å². The molecule has 1 rings (SSSR count). The Balaban J connectivity index is 2.97. The Morgan fingerprint density at radius 3 is 2.37 bits per heavy atom. The summed E-state index contributed by atoms with van der Waals surface area (Å²) in [6, 6.07) is 7.76. The van der Waals surface area contributed by atoms with Gasteiger partial charge in [-0.05, 0) is 45.4 Å². The highest BCUT2D eigenvalue weighted by molar-refractivity contribution is 9.10. The molecule has 1 amide bonds. The molecule has 0 heterocycles. The molecule has 0 unspecified atom stereocenters. The van der Waals surface area contributed by atoms with Crippen molar-refractivity contribution in [1.29, 1.82) is 0 Å². The van der Waals surface area contributed by atoms with E-state index in [9.17, 15) is 9.90 Å². The van der Waals surface area contributed by atoms with Crippen LogP contribution in [-0.4, -0.2) is 35.1 Å². The highest BCUT2D eigenvalue weighted by Crippen LogP contribution is 2.28. The molecule has 0 saturated heterocycles. The minimum Gasteiger partial charge on any atom is -0.389 e. The van der Waals surface area contributed by atoms with Crippen molar-refractivity contribution in [3.05, 3.63) is 34.3 Å². The number of rotatable bonds is 4. The van der Waals surface area contributed by atoms with Crippen LogP contribution in [0, 0.1) is 0 Å². The largest absolute Gasteiger partial charge is 0.389 e. The van der Waals surface area contributed by atoms with E-state index in [0.29, 0.717) is 6.54 Å². The molecule has 0 saturated carbocycles. The van der Waals surface area contributed by atoms with Gasteiger partial charge in [0.2, 0.25) is 5.91 Å². The lowest BCUT2D eigenvalue weighted by molar-refractivity contribution is -0.137. The van der Waals surface area contributed by atoms with Crippen molar-refractivity contribution >= 4 is 21.8 Å². The maximum absolute atomic E-state index is 12.6. The molecule has 0 aromatic heterocycles. The van der Waals surface area contributed by atoms with Gasteiger partial charge in [0.15, 0.2) is 0 Å². The van der Waals surface area contributed by atoms with Gasteiger partial charge in [0.1, 0.15) is 0 Å². The van der Waals surface area contributed by atoms with Crippen LogP contribution in [0.15, 0.2) is 28.7 Å². The summed E-state index contributed by atoms with van der Waals surface area (Å²) in [5.41, 5.74) is -0.559. The third-order valence-electron chi connectivity index (χ3n) is 3.05. The van der Waals surface area contributed by atoms with Crippen LogP contribution >= 0.6 is 15.9 Å². The van der Waals surface area contributed by atoms with Crippen LogP contribution in [0.1, 0.15) is 33.3 Å². The van der Waals surface area contributed by atoms with Gasteiger partial charge in [-0.2, -0.15) is 0 Å². The lowest BCUT2D eigenvalue weighted by Crippen LogP contribution is -2.46. The second kappa shape index (κ2) is 5.63. The van der Waals surface area contributed by atoms with E-state index in [1.165, 1.54) is 0 Å². The van der Waals surface area contributed by atoms with Crippen molar-refractivity contribution in [2.24, 2.45) is 0 Å². The van der Waals surface area contributed by atoms with Crippen LogP contribution in [0.5, 0.6) is 0 Å². The molecule has 1 N–H and O–H groups in total. The van der Waals surface area contributed by atoms with Gasteiger partial charge in [-0.1, -0.05) is 28.1 Å². The van der Waals surface area contributed by atoms with Crippen LogP contribution in [0.3, 0.4) is 0 Å². The lowest BCUT2D eigenvalue weighted by atomic mass is 9.83. The molecular formula is C15H22BrNO2. The Morgan fingerprint density at radius 1 is 1.32 bits per heavy atom. The van der Waals surface area contributed by atoms with Crippen LogP contribution in [0.25, 0.3) is 0 Å². The van der Waals surface area contributed by atoms with E-state index >= 15 is 0 Å². The van der Waals surface area contributed by atoms with Crippen molar-refractivity contribution in [3.63, 3.8) is 0 Å². The zero-order valence-electron chi connectivity index (χ0n) is 12.2. The number of hydrogen-bond donors (Lipinski definition) is 1. The Hall–Kier alpha value is -0.870. The summed E-state index contributed by atoms with van der Waals surface area (Å²) < 4.78 is 0.955. The second-order valence-electron chi connectivity index (χ2n) is 6.11. The highest BCUT2D eigenvalue weighted by atomic mass is 79.9. The number of aliphatic hydroxyl groups is 1. The van der Waals surface area contributed by atoms with Gasteiger partial charge < -0.3 is 10.0 Å². The summed E-state index contributed by atoms with van der Waals surface area (Å²) in [6.07, 6.45) is 0. The van der Waals surface area contributed by atoms with Gasteiger partial charge in [0, 0.05) is 18.1 Å². The molecule has 0 radical (unpaired) electrons. The van der Waals surface area contributed by atoms with Gasteiger partial charge in [-0.25, -0.2) is 0 Å². The molecule has 106 valence electrons. The molecule has 0 aliphatic rings. The van der Waals surface area contributed by atoms with E-state index in [0.717, 1.165) is 10.0 Å². The van der Waals surface area contributed by atoms with E-state index < -0.39 is 11.0 Å². The first-order chi connectivity index (χ1) is 8.54. The summed E-state index contributed by atoms with van der Waals surface area (Å²) in [4.78, 5) is 14.1. The molecular weight excluding hydrogens is 306 g/mol. The van der Waals surface area contributed by atoms with Crippen LogP contribution in [-0.2, 0) is 10.2 Å². The minimum atomic E-state index is -0.891. The maximum atomic E-state index is 12.6. The fraction of sp³-hybridized carbons (Fsp3) is 0.533. The third kappa shape index (κ3) is 4.32. The van der Waals surface area contributed by atoms with E-state index in [4.69, 9.17) is 0 Å². The molecule has 19 heavy (non-hydrogen) atoms. The summed E-state index contributed by atoms with van der Waals surface area (Å²) in [6.45, 7) is 7.50. The van der Waals surface area contributed by atoms with Gasteiger partial charge in [0.05, 0.1) is 11.0 Å². The molecule has 0 aliphatic carbocycles. The van der Waals surface area contributed by atoms with Crippen LogP contribution in [0.4, 0.5) is 0 Å². The SMILES string of the molecule is CN(CC(C)(C)O)C(=O)C(C)(C)c1cccc(Br)c1. The van der Waals surface area contributed by atoms with E-state index in [1.807, 2.05) is 38.1 Å². The number of benzene rings is 1. The molecule has 3 nitrogen and oxygen atoms in total. The van der Waals surface area contributed by atoms with Gasteiger partial charge in [-0.15, -0.1) is 0 Å². The van der Waals surface area contributed by atoms with Crippen molar-refractivity contribution in [3.8, 4) is 0 Å².